The maximum Gasteiger partial charge on any atom is 0.422 e. The number of ether oxygens (including phenoxy) is 4. The van der Waals surface area contributed by atoms with Crippen molar-refractivity contribution in [3.8, 4) is 11.8 Å². The average molecular weight is 728 g/mol. The van der Waals surface area contributed by atoms with Crippen LogP contribution in [0.25, 0.3) is 0 Å². The number of amides is 2. The number of rotatable bonds is 4. The third-order valence-electron chi connectivity index (χ3n) is 7.90. The van der Waals surface area contributed by atoms with Crippen molar-refractivity contribution in [2.45, 2.75) is 51.6 Å². The van der Waals surface area contributed by atoms with Crippen LogP contribution in [0.15, 0.2) is 60.7 Å². The van der Waals surface area contributed by atoms with E-state index in [2.05, 4.69) is 30.5 Å². The smallest absolute Gasteiger partial charge is 0.422 e. The minimum absolute atomic E-state index is 0.0554. The van der Waals surface area contributed by atoms with Crippen LogP contribution in [0, 0.1) is 0 Å². The van der Waals surface area contributed by atoms with Crippen LogP contribution in [0.4, 0.5) is 23.9 Å². The molecule has 2 amide bonds. The van der Waals surface area contributed by atoms with Gasteiger partial charge in [-0.25, -0.2) is 4.79 Å². The van der Waals surface area contributed by atoms with Gasteiger partial charge in [0.1, 0.15) is 23.8 Å². The van der Waals surface area contributed by atoms with Crippen molar-refractivity contribution in [1.29, 1.82) is 0 Å². The summed E-state index contributed by atoms with van der Waals surface area (Å²) in [6, 6.07) is 13.6. The average Bonchev–Trinajstić information content (AvgIpc) is 3.09. The number of aromatic nitrogens is 3. The van der Waals surface area contributed by atoms with E-state index < -0.39 is 24.4 Å². The van der Waals surface area contributed by atoms with Gasteiger partial charge in [-0.05, 0) is 62.2 Å². The lowest BCUT2D eigenvalue weighted by Crippen LogP contribution is -2.52. The van der Waals surface area contributed by atoms with Gasteiger partial charge in [-0.3, -0.25) is 9.69 Å². The van der Waals surface area contributed by atoms with Gasteiger partial charge in [-0.2, -0.15) is 28.1 Å². The highest BCUT2D eigenvalue weighted by molar-refractivity contribution is 5.94. The highest BCUT2D eigenvalue weighted by atomic mass is 19.4. The molecule has 1 aromatic heterocycles. The molecule has 2 N–H and O–H groups in total. The van der Waals surface area contributed by atoms with Gasteiger partial charge < -0.3 is 34.5 Å². The second-order valence-electron chi connectivity index (χ2n) is 13.3. The predicted molar refractivity (Wildman–Crippen MR) is 185 cm³/mol. The Balaban J connectivity index is 1.29. The molecule has 280 valence electrons. The summed E-state index contributed by atoms with van der Waals surface area (Å²) in [6.45, 7) is 7.94. The molecule has 16 heteroatoms. The molecule has 1 unspecified atom stereocenters. The number of carbonyl (C=O) groups is 2. The topological polar surface area (TPSA) is 140 Å². The van der Waals surface area contributed by atoms with E-state index in [1.54, 1.807) is 29.2 Å². The Hall–Kier alpha value is -4.96. The molecule has 0 spiro atoms. The molecular formula is C36H44F3N7O6. The largest absolute Gasteiger partial charge is 0.490 e. The molecule has 6 heterocycles. The zero-order valence-corrected chi connectivity index (χ0v) is 29.4. The highest BCUT2D eigenvalue weighted by Gasteiger charge is 2.30. The summed E-state index contributed by atoms with van der Waals surface area (Å²) < 4.78 is 61.1. The number of halogens is 3. The van der Waals surface area contributed by atoms with Gasteiger partial charge in [0.2, 0.25) is 5.95 Å². The first-order chi connectivity index (χ1) is 24.8. The molecule has 5 aliphatic heterocycles. The van der Waals surface area contributed by atoms with Crippen molar-refractivity contribution < 1.29 is 41.7 Å². The molecule has 52 heavy (non-hydrogen) atoms. The fourth-order valence-corrected chi connectivity index (χ4v) is 5.29. The maximum atomic E-state index is 13.2. The Bertz CT molecular complexity index is 1660. The summed E-state index contributed by atoms with van der Waals surface area (Å²) in [6.07, 6.45) is -1.39. The summed E-state index contributed by atoms with van der Waals surface area (Å²) in [7, 11) is 0. The van der Waals surface area contributed by atoms with Crippen LogP contribution in [0.5, 0.6) is 11.8 Å². The van der Waals surface area contributed by atoms with Gasteiger partial charge in [-0.15, -0.1) is 0 Å². The fourth-order valence-electron chi connectivity index (χ4n) is 5.29. The lowest BCUT2D eigenvalue weighted by atomic mass is 10.1. The monoisotopic (exact) mass is 727 g/mol. The van der Waals surface area contributed by atoms with Crippen LogP contribution in [-0.2, 0) is 22.4 Å². The maximum absolute atomic E-state index is 13.2. The summed E-state index contributed by atoms with van der Waals surface area (Å²) in [4.78, 5) is 42.1. The minimum atomic E-state index is -4.57. The van der Waals surface area contributed by atoms with Crippen LogP contribution in [0.3, 0.4) is 0 Å². The Morgan fingerprint density at radius 2 is 1.60 bits per heavy atom. The Kier molecular flexibility index (Phi) is 12.9. The second-order valence-corrected chi connectivity index (χ2v) is 13.3. The van der Waals surface area contributed by atoms with Gasteiger partial charge in [0.05, 0.1) is 12.7 Å². The molecule has 6 bridgehead atoms. The number of nitrogens with zero attached hydrogens (tertiary/aromatic N) is 5. The van der Waals surface area contributed by atoms with Gasteiger partial charge in [0.15, 0.2) is 6.61 Å². The predicted octanol–water partition coefficient (Wildman–Crippen LogP) is 4.63. The minimum Gasteiger partial charge on any atom is -0.490 e. The number of piperazine rings is 1. The molecule has 13 nitrogen and oxygen atoms in total. The number of nitrogens with one attached hydrogen (secondary N) is 2. The highest BCUT2D eigenvalue weighted by Crippen LogP contribution is 2.19. The first-order valence-corrected chi connectivity index (χ1v) is 17.0. The lowest BCUT2D eigenvalue weighted by molar-refractivity contribution is -0.154. The van der Waals surface area contributed by atoms with E-state index in [9.17, 15) is 22.8 Å². The zero-order chi connectivity index (χ0) is 37.1. The molecule has 8 rings (SSSR count). The van der Waals surface area contributed by atoms with Gasteiger partial charge >= 0.3 is 18.3 Å². The molecule has 1 saturated heterocycles. The number of carbonyl (C=O) groups excluding carboxylic acids is 2. The van der Waals surface area contributed by atoms with E-state index in [1.165, 1.54) is 0 Å². The second kappa shape index (κ2) is 17.5. The van der Waals surface area contributed by atoms with Crippen LogP contribution >= 0.6 is 0 Å². The van der Waals surface area contributed by atoms with Gasteiger partial charge in [0.25, 0.3) is 5.91 Å². The number of anilines is 1. The van der Waals surface area contributed by atoms with E-state index >= 15 is 0 Å². The van der Waals surface area contributed by atoms with Crippen LogP contribution in [-0.4, -0.2) is 114 Å². The van der Waals surface area contributed by atoms with Gasteiger partial charge in [-0.1, -0.05) is 30.3 Å². The first-order valence-electron chi connectivity index (χ1n) is 17.0. The molecule has 1 fully saturated rings. The van der Waals surface area contributed by atoms with Crippen molar-refractivity contribution in [3.63, 3.8) is 0 Å². The van der Waals surface area contributed by atoms with Crippen LogP contribution < -0.4 is 20.1 Å². The third-order valence-corrected chi connectivity index (χ3v) is 7.90. The van der Waals surface area contributed by atoms with Crippen molar-refractivity contribution in [1.82, 2.24) is 30.1 Å². The van der Waals surface area contributed by atoms with Crippen molar-refractivity contribution in [2.24, 2.45) is 0 Å². The summed E-state index contributed by atoms with van der Waals surface area (Å²) in [5.41, 5.74) is 1.42. The van der Waals surface area contributed by atoms with Crippen LogP contribution in [0.1, 0.15) is 48.1 Å². The molecule has 1 atom stereocenters. The summed E-state index contributed by atoms with van der Waals surface area (Å²) in [5.74, 6) is 0.587. The molecule has 0 aliphatic carbocycles. The number of hydrogen-bond donors (Lipinski definition) is 2. The van der Waals surface area contributed by atoms with E-state index in [-0.39, 0.29) is 49.4 Å². The SMILES string of the molecule is CC(C)(C)OC(=O)N1CCN(CC2CNC(=O)c3ccc(cc3)Cc3nc(nc(OCC(F)(F)F)n3)NCc3ccc(cc3)OC/C=C/CO2)CC1. The Morgan fingerprint density at radius 1 is 0.904 bits per heavy atom. The summed E-state index contributed by atoms with van der Waals surface area (Å²) >= 11 is 0. The fraction of sp³-hybridized carbons (Fsp3) is 0.472. The standard InChI is InChI=1S/C36H44F3N7O6/c1-35(2,3)52-34(48)46-16-14-45(15-17-46)23-29-22-40-31(47)27-10-6-25(7-11-27)20-30-42-32(44-33(43-30)51-24-36(37,38)39)41-21-26-8-12-28(13-9-26)49-18-4-5-19-50-29/h4-13,29H,14-24H2,1-3H3,(H,40,47)(H,41,42,43,44)/b5-4+. The first kappa shape index (κ1) is 38.3. The lowest BCUT2D eigenvalue weighted by Gasteiger charge is -2.37. The zero-order valence-electron chi connectivity index (χ0n) is 29.4. The summed E-state index contributed by atoms with van der Waals surface area (Å²) in [5, 5.41) is 5.99. The van der Waals surface area contributed by atoms with E-state index in [1.807, 2.05) is 57.2 Å². The molecule has 0 radical (unpaired) electrons. The normalized spacial score (nSPS) is 18.8. The van der Waals surface area contributed by atoms with Crippen molar-refractivity contribution in [2.75, 3.05) is 64.4 Å². The quantitative estimate of drug-likeness (QED) is 0.364. The van der Waals surface area contributed by atoms with Crippen molar-refractivity contribution in [3.05, 3.63) is 83.2 Å². The third kappa shape index (κ3) is 12.7. The van der Waals surface area contributed by atoms with E-state index in [4.69, 9.17) is 18.9 Å². The van der Waals surface area contributed by atoms with Crippen LogP contribution in [0.2, 0.25) is 0 Å². The van der Waals surface area contributed by atoms with Crippen molar-refractivity contribution >= 4 is 17.9 Å². The molecule has 2 aromatic carbocycles. The molecular weight excluding hydrogens is 683 g/mol. The van der Waals surface area contributed by atoms with E-state index in [0.717, 1.165) is 11.1 Å². The molecule has 3 aromatic rings. The van der Waals surface area contributed by atoms with E-state index in [0.29, 0.717) is 57.3 Å². The Morgan fingerprint density at radius 3 is 2.29 bits per heavy atom. The molecule has 5 aliphatic rings. The molecule has 0 saturated carbocycles. The van der Waals surface area contributed by atoms with Gasteiger partial charge in [0, 0.05) is 57.8 Å². The Labute approximate surface area is 300 Å². The number of alkyl halides is 3. The number of hydrogen-bond acceptors (Lipinski definition) is 11. The number of benzene rings is 2.